The number of anilines is 1. The summed E-state index contributed by atoms with van der Waals surface area (Å²) in [5, 5.41) is 10.7. The highest BCUT2D eigenvalue weighted by molar-refractivity contribution is 9.09. The van der Waals surface area contributed by atoms with E-state index in [1.54, 1.807) is 38.6 Å². The molecule has 7 atom stereocenters. The van der Waals surface area contributed by atoms with Gasteiger partial charge in [-0.1, -0.05) is 88.7 Å². The second-order valence-corrected chi connectivity index (χ2v) is 15.4. The normalized spacial score (nSPS) is 25.8. The maximum Gasteiger partial charge on any atom is 0.247 e. The quantitative estimate of drug-likeness (QED) is 0.161. The molecule has 6 rings (SSSR count). The maximum atomic E-state index is 15.1. The van der Waals surface area contributed by atoms with Crippen LogP contribution in [0.25, 0.3) is 0 Å². The van der Waals surface area contributed by atoms with Gasteiger partial charge >= 0.3 is 0 Å². The van der Waals surface area contributed by atoms with Crippen LogP contribution < -0.4 is 9.64 Å². The highest BCUT2D eigenvalue weighted by atomic mass is 79.9. The number of hydrogen-bond acceptors (Lipinski definition) is 6. The molecule has 10 heteroatoms. The summed E-state index contributed by atoms with van der Waals surface area (Å²) >= 11 is 5.48. The van der Waals surface area contributed by atoms with Gasteiger partial charge in [-0.2, -0.15) is 0 Å². The van der Waals surface area contributed by atoms with Gasteiger partial charge in [-0.05, 0) is 48.7 Å². The van der Waals surface area contributed by atoms with Crippen molar-refractivity contribution in [3.63, 3.8) is 0 Å². The first-order valence-electron chi connectivity index (χ1n) is 16.7. The summed E-state index contributed by atoms with van der Waals surface area (Å²) in [6.45, 7) is 10.8. The summed E-state index contributed by atoms with van der Waals surface area (Å²) in [6, 6.07) is 24.7. The second-order valence-electron chi connectivity index (χ2n) is 12.7. The molecule has 0 aliphatic carbocycles. The van der Waals surface area contributed by atoms with Gasteiger partial charge in [0.1, 0.15) is 11.8 Å². The van der Waals surface area contributed by atoms with Gasteiger partial charge in [0, 0.05) is 35.4 Å². The molecule has 3 fully saturated rings. The van der Waals surface area contributed by atoms with E-state index in [2.05, 4.69) is 29.1 Å². The summed E-state index contributed by atoms with van der Waals surface area (Å²) in [6.07, 6.45) is 3.90. The van der Waals surface area contributed by atoms with Crippen LogP contribution >= 0.6 is 27.7 Å². The number of alkyl halides is 1. The first-order valence-corrected chi connectivity index (χ1v) is 18.5. The van der Waals surface area contributed by atoms with Gasteiger partial charge in [-0.3, -0.25) is 14.4 Å². The van der Waals surface area contributed by atoms with Crippen LogP contribution in [0.1, 0.15) is 30.5 Å². The molecular formula is C39H42BrN3O5S. The van der Waals surface area contributed by atoms with E-state index < -0.39 is 28.7 Å². The summed E-state index contributed by atoms with van der Waals surface area (Å²) in [4.78, 5) is 49.8. The standard InChI is InChI=1S/C39H42BrN3O5S/c1-4-21-41(24-26-13-9-7-10-14-26)38(47)35-39-23-30(40)34(49-39)32(33(39)37(46)43(35)31(25-44)27-15-11-8-12-16-27)36(45)42(22-5-2)28-17-19-29(20-18-28)48-6-3/h4-5,7-20,30-35,44H,1-2,6,21-25H2,3H3/t30?,31-,32+,33+,34+,35?,39?/m1/s1. The molecule has 3 aliphatic heterocycles. The van der Waals surface area contributed by atoms with Crippen molar-refractivity contribution in [2.24, 2.45) is 11.8 Å². The number of halogens is 1. The third-order valence-corrected chi connectivity index (χ3v) is 13.1. The van der Waals surface area contributed by atoms with Gasteiger partial charge in [0.25, 0.3) is 0 Å². The van der Waals surface area contributed by atoms with Crippen LogP contribution in [0.4, 0.5) is 5.69 Å². The molecule has 3 heterocycles. The number of hydrogen-bond donors (Lipinski definition) is 1. The predicted molar refractivity (Wildman–Crippen MR) is 198 cm³/mol. The van der Waals surface area contributed by atoms with Crippen molar-refractivity contribution in [3.05, 3.63) is 121 Å². The number of aliphatic hydroxyl groups is 1. The fourth-order valence-corrected chi connectivity index (χ4v) is 11.5. The van der Waals surface area contributed by atoms with Gasteiger partial charge in [0.15, 0.2) is 0 Å². The Balaban J connectivity index is 1.44. The van der Waals surface area contributed by atoms with E-state index in [-0.39, 0.29) is 47.5 Å². The van der Waals surface area contributed by atoms with Crippen LogP contribution in [0.3, 0.4) is 0 Å². The minimum absolute atomic E-state index is 0.108. The SMILES string of the molecule is C=CCN(Cc1ccccc1)C(=O)C1N([C@H](CO)c2ccccc2)C(=O)[C@@H]2[C@H](C(=O)N(CC=C)c3ccc(OCC)cc3)[C@H]3SC12CC3Br. The van der Waals surface area contributed by atoms with Crippen molar-refractivity contribution in [1.29, 1.82) is 0 Å². The Morgan fingerprint density at radius 3 is 2.29 bits per heavy atom. The van der Waals surface area contributed by atoms with Crippen LogP contribution in [0.5, 0.6) is 5.75 Å². The minimum atomic E-state index is -0.919. The molecule has 0 aromatic heterocycles. The van der Waals surface area contributed by atoms with Crippen LogP contribution in [0, 0.1) is 11.8 Å². The lowest BCUT2D eigenvalue weighted by molar-refractivity contribution is -0.146. The number of rotatable bonds is 14. The zero-order valence-corrected chi connectivity index (χ0v) is 30.0. The Bertz CT molecular complexity index is 1670. The molecule has 1 N–H and O–H groups in total. The Morgan fingerprint density at radius 2 is 1.67 bits per heavy atom. The van der Waals surface area contributed by atoms with Gasteiger partial charge in [-0.25, -0.2) is 0 Å². The zero-order valence-electron chi connectivity index (χ0n) is 27.6. The number of carbonyl (C=O) groups is 3. The fraction of sp³-hybridized carbons (Fsp3) is 0.359. The first kappa shape index (κ1) is 35.0. The Hall–Kier alpha value is -3.86. The van der Waals surface area contributed by atoms with E-state index in [0.717, 1.165) is 11.1 Å². The van der Waals surface area contributed by atoms with Crippen molar-refractivity contribution in [3.8, 4) is 5.75 Å². The zero-order chi connectivity index (χ0) is 34.7. The van der Waals surface area contributed by atoms with E-state index in [1.807, 2.05) is 91.9 Å². The van der Waals surface area contributed by atoms with Crippen molar-refractivity contribution in [2.75, 3.05) is 31.2 Å². The molecule has 1 spiro atoms. The smallest absolute Gasteiger partial charge is 0.247 e. The molecule has 8 nitrogen and oxygen atoms in total. The number of amides is 3. The number of thioether (sulfide) groups is 1. The number of nitrogens with zero attached hydrogens (tertiary/aromatic N) is 3. The lowest BCUT2D eigenvalue weighted by Gasteiger charge is -2.40. The lowest BCUT2D eigenvalue weighted by Crippen LogP contribution is -2.56. The van der Waals surface area contributed by atoms with Crippen LogP contribution in [0.2, 0.25) is 0 Å². The number of benzene rings is 3. The monoisotopic (exact) mass is 743 g/mol. The highest BCUT2D eigenvalue weighted by Gasteiger charge is 2.76. The molecule has 0 saturated carbocycles. The fourth-order valence-electron chi connectivity index (χ4n) is 7.88. The number of aliphatic hydroxyl groups excluding tert-OH is 1. The number of fused-ring (bicyclic) bond motifs is 1. The third kappa shape index (κ3) is 6.35. The highest BCUT2D eigenvalue weighted by Crippen LogP contribution is 2.69. The maximum absolute atomic E-state index is 15.1. The molecule has 3 unspecified atom stereocenters. The summed E-state index contributed by atoms with van der Waals surface area (Å²) in [7, 11) is 0. The van der Waals surface area contributed by atoms with E-state index in [4.69, 9.17) is 4.74 Å². The van der Waals surface area contributed by atoms with Crippen molar-refractivity contribution >= 4 is 51.1 Å². The van der Waals surface area contributed by atoms with E-state index >= 15 is 9.59 Å². The topological polar surface area (TPSA) is 90.4 Å². The van der Waals surface area contributed by atoms with E-state index in [0.29, 0.717) is 31.0 Å². The second kappa shape index (κ2) is 14.9. The Kier molecular flexibility index (Phi) is 10.7. The van der Waals surface area contributed by atoms with Gasteiger partial charge in [0.2, 0.25) is 17.7 Å². The van der Waals surface area contributed by atoms with Gasteiger partial charge in [-0.15, -0.1) is 24.9 Å². The minimum Gasteiger partial charge on any atom is -0.494 e. The lowest BCUT2D eigenvalue weighted by atomic mass is 9.70. The predicted octanol–water partition coefficient (Wildman–Crippen LogP) is 6.02. The van der Waals surface area contributed by atoms with Gasteiger partial charge < -0.3 is 24.5 Å². The molecule has 3 saturated heterocycles. The third-order valence-electron chi connectivity index (χ3n) is 9.85. The summed E-state index contributed by atoms with van der Waals surface area (Å²) in [5.74, 6) is -1.47. The number of ether oxygens (including phenoxy) is 1. The molecule has 49 heavy (non-hydrogen) atoms. The molecule has 3 amide bonds. The average Bonchev–Trinajstić information content (AvgIpc) is 3.71. The molecule has 3 aromatic rings. The van der Waals surface area contributed by atoms with E-state index in [1.165, 1.54) is 0 Å². The molecule has 0 radical (unpaired) electrons. The van der Waals surface area contributed by atoms with Crippen molar-refractivity contribution in [1.82, 2.24) is 9.80 Å². The molecule has 3 aliphatic rings. The molecule has 2 bridgehead atoms. The molecule has 256 valence electrons. The number of carbonyl (C=O) groups excluding carboxylic acids is 3. The Morgan fingerprint density at radius 1 is 1.02 bits per heavy atom. The van der Waals surface area contributed by atoms with Crippen LogP contribution in [-0.4, -0.2) is 79.8 Å². The number of likely N-dealkylation sites (tertiary alicyclic amines) is 1. The van der Waals surface area contributed by atoms with E-state index in [9.17, 15) is 9.90 Å². The molecular weight excluding hydrogens is 702 g/mol. The first-order chi connectivity index (χ1) is 23.8. The van der Waals surface area contributed by atoms with Crippen LogP contribution in [-0.2, 0) is 20.9 Å². The van der Waals surface area contributed by atoms with Gasteiger partial charge in [0.05, 0.1) is 35.8 Å². The molecule has 3 aromatic carbocycles. The largest absolute Gasteiger partial charge is 0.494 e. The van der Waals surface area contributed by atoms with Crippen LogP contribution in [0.15, 0.2) is 110 Å². The van der Waals surface area contributed by atoms with Crippen molar-refractivity contribution in [2.45, 2.75) is 46.8 Å². The Labute approximate surface area is 300 Å². The summed E-state index contributed by atoms with van der Waals surface area (Å²) < 4.78 is 4.73. The summed E-state index contributed by atoms with van der Waals surface area (Å²) in [5.41, 5.74) is 2.36. The van der Waals surface area contributed by atoms with Crippen molar-refractivity contribution < 1.29 is 24.2 Å². The average molecular weight is 745 g/mol.